The van der Waals surface area contributed by atoms with E-state index < -0.39 is 5.60 Å². The summed E-state index contributed by atoms with van der Waals surface area (Å²) in [4.78, 5) is 22.4. The molecule has 0 unspecified atom stereocenters. The molecule has 0 aliphatic carbocycles. The van der Waals surface area contributed by atoms with Gasteiger partial charge in [0.2, 0.25) is 5.88 Å². The van der Waals surface area contributed by atoms with Gasteiger partial charge in [0.05, 0.1) is 12.2 Å². The summed E-state index contributed by atoms with van der Waals surface area (Å²) in [6.07, 6.45) is 1.94. The van der Waals surface area contributed by atoms with Gasteiger partial charge in [-0.05, 0) is 50.5 Å². The highest BCUT2D eigenvalue weighted by atomic mass is 79.9. The SMILES string of the molecule is Cc1nc(Br)cnc1O[C@H]1CCN(C(=O)OC(C)(C)C)[C@@H]1C. The Kier molecular flexibility index (Phi) is 4.94. The van der Waals surface area contributed by atoms with E-state index in [4.69, 9.17) is 9.47 Å². The fourth-order valence-corrected chi connectivity index (χ4v) is 2.72. The minimum Gasteiger partial charge on any atom is -0.471 e. The highest BCUT2D eigenvalue weighted by molar-refractivity contribution is 9.10. The number of rotatable bonds is 2. The Labute approximate surface area is 139 Å². The molecule has 1 aliphatic heterocycles. The summed E-state index contributed by atoms with van der Waals surface area (Å²) in [5.41, 5.74) is 0.223. The van der Waals surface area contributed by atoms with E-state index >= 15 is 0 Å². The second kappa shape index (κ2) is 6.40. The summed E-state index contributed by atoms with van der Waals surface area (Å²) in [5.74, 6) is 0.506. The third-order valence-corrected chi connectivity index (χ3v) is 3.83. The summed E-state index contributed by atoms with van der Waals surface area (Å²) in [6.45, 7) is 10.0. The van der Waals surface area contributed by atoms with Crippen molar-refractivity contribution in [2.45, 2.75) is 58.8 Å². The minimum absolute atomic E-state index is 0.0697. The Bertz CT molecular complexity index is 559. The first-order chi connectivity index (χ1) is 10.2. The molecule has 122 valence electrons. The van der Waals surface area contributed by atoms with Crippen molar-refractivity contribution in [2.24, 2.45) is 0 Å². The minimum atomic E-state index is -0.497. The van der Waals surface area contributed by atoms with E-state index in [-0.39, 0.29) is 18.2 Å². The molecule has 2 rings (SSSR count). The number of ether oxygens (including phenoxy) is 2. The van der Waals surface area contributed by atoms with Crippen molar-refractivity contribution >= 4 is 22.0 Å². The van der Waals surface area contributed by atoms with Crippen LogP contribution in [0, 0.1) is 6.92 Å². The molecule has 0 radical (unpaired) electrons. The van der Waals surface area contributed by atoms with Crippen LogP contribution in [0.25, 0.3) is 0 Å². The van der Waals surface area contributed by atoms with E-state index in [9.17, 15) is 4.79 Å². The quantitative estimate of drug-likeness (QED) is 0.797. The highest BCUT2D eigenvalue weighted by Gasteiger charge is 2.38. The molecule has 0 spiro atoms. The number of likely N-dealkylation sites (tertiary alicyclic amines) is 1. The number of aromatic nitrogens is 2. The normalized spacial score (nSPS) is 21.8. The summed E-state index contributed by atoms with van der Waals surface area (Å²) in [5, 5.41) is 0. The number of hydrogen-bond acceptors (Lipinski definition) is 5. The molecule has 22 heavy (non-hydrogen) atoms. The third kappa shape index (κ3) is 4.09. The van der Waals surface area contributed by atoms with Crippen LogP contribution in [0.3, 0.4) is 0 Å². The molecule has 1 aromatic heterocycles. The zero-order chi connectivity index (χ0) is 16.5. The van der Waals surface area contributed by atoms with Gasteiger partial charge in [-0.15, -0.1) is 0 Å². The van der Waals surface area contributed by atoms with Crippen LogP contribution in [0.1, 0.15) is 39.8 Å². The van der Waals surface area contributed by atoms with Gasteiger partial charge in [-0.3, -0.25) is 0 Å². The van der Waals surface area contributed by atoms with Gasteiger partial charge in [-0.2, -0.15) is 0 Å². The summed E-state index contributed by atoms with van der Waals surface area (Å²) < 4.78 is 12.0. The van der Waals surface area contributed by atoms with Crippen LogP contribution in [-0.4, -0.2) is 45.3 Å². The maximum atomic E-state index is 12.2. The molecule has 2 atom stereocenters. The number of hydrogen-bond donors (Lipinski definition) is 0. The molecule has 0 aromatic carbocycles. The molecule has 2 heterocycles. The summed E-state index contributed by atoms with van der Waals surface area (Å²) in [7, 11) is 0. The second-order valence-electron chi connectivity index (χ2n) is 6.44. The largest absolute Gasteiger partial charge is 0.471 e. The van der Waals surface area contributed by atoms with Crippen molar-refractivity contribution in [3.8, 4) is 5.88 Å². The van der Waals surface area contributed by atoms with Crippen molar-refractivity contribution in [2.75, 3.05) is 6.54 Å². The molecule has 1 aromatic rings. The lowest BCUT2D eigenvalue weighted by Crippen LogP contribution is -2.42. The Morgan fingerprint density at radius 1 is 1.45 bits per heavy atom. The molecule has 1 fully saturated rings. The third-order valence-electron chi connectivity index (χ3n) is 3.45. The molecule has 7 heteroatoms. The van der Waals surface area contributed by atoms with Gasteiger partial charge in [0.15, 0.2) is 0 Å². The Morgan fingerprint density at radius 3 is 2.73 bits per heavy atom. The van der Waals surface area contributed by atoms with E-state index in [0.717, 1.165) is 12.1 Å². The maximum absolute atomic E-state index is 12.2. The van der Waals surface area contributed by atoms with Gasteiger partial charge < -0.3 is 14.4 Å². The molecule has 0 saturated carbocycles. The fourth-order valence-electron chi connectivity index (χ4n) is 2.35. The molecule has 1 amide bonds. The van der Waals surface area contributed by atoms with Crippen LogP contribution in [0.15, 0.2) is 10.8 Å². The van der Waals surface area contributed by atoms with E-state index in [1.165, 1.54) is 0 Å². The second-order valence-corrected chi connectivity index (χ2v) is 7.26. The van der Waals surface area contributed by atoms with E-state index in [1.807, 2.05) is 34.6 Å². The topological polar surface area (TPSA) is 64.6 Å². The predicted octanol–water partition coefficient (Wildman–Crippen LogP) is 3.32. The first-order valence-electron chi connectivity index (χ1n) is 7.33. The molecule has 1 saturated heterocycles. The Hall–Kier alpha value is -1.37. The fraction of sp³-hybridized carbons (Fsp3) is 0.667. The van der Waals surface area contributed by atoms with Crippen molar-refractivity contribution in [3.63, 3.8) is 0 Å². The maximum Gasteiger partial charge on any atom is 0.410 e. The van der Waals surface area contributed by atoms with Crippen LogP contribution in [0.2, 0.25) is 0 Å². The monoisotopic (exact) mass is 371 g/mol. The lowest BCUT2D eigenvalue weighted by atomic mass is 10.2. The van der Waals surface area contributed by atoms with Crippen molar-refractivity contribution in [1.29, 1.82) is 0 Å². The van der Waals surface area contributed by atoms with Gasteiger partial charge in [-0.1, -0.05) is 0 Å². The first kappa shape index (κ1) is 17.0. The Morgan fingerprint density at radius 2 is 2.14 bits per heavy atom. The molecular formula is C15H22BrN3O3. The van der Waals surface area contributed by atoms with E-state index in [2.05, 4.69) is 25.9 Å². The summed E-state index contributed by atoms with van der Waals surface area (Å²) in [6, 6.07) is -0.0697. The lowest BCUT2D eigenvalue weighted by Gasteiger charge is -2.28. The van der Waals surface area contributed by atoms with Crippen molar-refractivity contribution < 1.29 is 14.3 Å². The average Bonchev–Trinajstić information content (AvgIpc) is 2.72. The zero-order valence-corrected chi connectivity index (χ0v) is 15.2. The predicted molar refractivity (Wildman–Crippen MR) is 85.9 cm³/mol. The molecule has 6 nitrogen and oxygen atoms in total. The summed E-state index contributed by atoms with van der Waals surface area (Å²) >= 11 is 3.28. The van der Waals surface area contributed by atoms with Crippen molar-refractivity contribution in [3.05, 3.63) is 16.5 Å². The number of amides is 1. The zero-order valence-electron chi connectivity index (χ0n) is 13.6. The van der Waals surface area contributed by atoms with E-state index in [0.29, 0.717) is 17.0 Å². The van der Waals surface area contributed by atoms with Gasteiger partial charge in [0, 0.05) is 13.0 Å². The van der Waals surface area contributed by atoms with Crippen LogP contribution >= 0.6 is 15.9 Å². The van der Waals surface area contributed by atoms with Crippen LogP contribution < -0.4 is 4.74 Å². The highest BCUT2D eigenvalue weighted by Crippen LogP contribution is 2.26. The van der Waals surface area contributed by atoms with Gasteiger partial charge in [0.25, 0.3) is 0 Å². The number of halogens is 1. The smallest absolute Gasteiger partial charge is 0.410 e. The number of carbonyl (C=O) groups excluding carboxylic acids is 1. The lowest BCUT2D eigenvalue weighted by molar-refractivity contribution is 0.0190. The standard InChI is InChI=1S/C15H22BrN3O3/c1-9-13(17-8-12(16)18-9)21-11-6-7-19(10(11)2)14(20)22-15(3,4)5/h8,10-11H,6-7H2,1-5H3/t10-,11+/m1/s1. The van der Waals surface area contributed by atoms with Crippen LogP contribution in [0.4, 0.5) is 4.79 Å². The van der Waals surface area contributed by atoms with Crippen LogP contribution in [0.5, 0.6) is 5.88 Å². The molecule has 1 aliphatic rings. The van der Waals surface area contributed by atoms with Gasteiger partial charge in [0.1, 0.15) is 22.0 Å². The van der Waals surface area contributed by atoms with E-state index in [1.54, 1.807) is 11.1 Å². The molecule has 0 bridgehead atoms. The van der Waals surface area contributed by atoms with Crippen LogP contribution in [-0.2, 0) is 4.74 Å². The van der Waals surface area contributed by atoms with Gasteiger partial charge >= 0.3 is 6.09 Å². The molecular weight excluding hydrogens is 350 g/mol. The van der Waals surface area contributed by atoms with Gasteiger partial charge in [-0.25, -0.2) is 14.8 Å². The number of carbonyl (C=O) groups is 1. The first-order valence-corrected chi connectivity index (χ1v) is 8.12. The molecule has 0 N–H and O–H groups in total. The Balaban J connectivity index is 2.02. The van der Waals surface area contributed by atoms with Crippen molar-refractivity contribution in [1.82, 2.24) is 14.9 Å². The number of nitrogens with zero attached hydrogens (tertiary/aromatic N) is 3. The average molecular weight is 372 g/mol. The number of aryl methyl sites for hydroxylation is 1.